The Balaban J connectivity index is 1.45. The molecule has 0 spiro atoms. The normalized spacial score (nSPS) is 11.8. The molecule has 206 valence electrons. The van der Waals surface area contributed by atoms with Gasteiger partial charge in [-0.3, -0.25) is 0 Å². The molecule has 0 aliphatic carbocycles. The first-order chi connectivity index (χ1) is 18.0. The fraction of sp³-hybridized carbons (Fsp3) is 0.600. The SMILES string of the molecule is CCCCCCCCCCCCCCCCCCOc1ccc(N=Nc2ccc(S(N)(=O)=O)cc2)cc1. The monoisotopic (exact) mass is 529 g/mol. The van der Waals surface area contributed by atoms with Crippen LogP contribution in [0, 0.1) is 0 Å². The van der Waals surface area contributed by atoms with Gasteiger partial charge >= 0.3 is 0 Å². The van der Waals surface area contributed by atoms with Gasteiger partial charge in [0.1, 0.15) is 5.75 Å². The van der Waals surface area contributed by atoms with Gasteiger partial charge in [-0.25, -0.2) is 13.6 Å². The number of nitrogens with zero attached hydrogens (tertiary/aromatic N) is 2. The van der Waals surface area contributed by atoms with Crippen LogP contribution in [0.5, 0.6) is 5.75 Å². The van der Waals surface area contributed by atoms with Crippen molar-refractivity contribution in [3.63, 3.8) is 0 Å². The molecule has 2 aromatic rings. The second kappa shape index (κ2) is 18.9. The first-order valence-electron chi connectivity index (χ1n) is 14.3. The third-order valence-electron chi connectivity index (χ3n) is 6.55. The van der Waals surface area contributed by atoms with Crippen LogP contribution < -0.4 is 9.88 Å². The van der Waals surface area contributed by atoms with Crippen molar-refractivity contribution in [2.75, 3.05) is 6.61 Å². The van der Waals surface area contributed by atoms with E-state index in [1.807, 2.05) is 24.3 Å². The average molecular weight is 530 g/mol. The molecular formula is C30H47N3O3S. The number of unbranched alkanes of at least 4 members (excludes halogenated alkanes) is 15. The number of rotatable bonds is 21. The molecule has 0 aromatic heterocycles. The van der Waals surface area contributed by atoms with Crippen LogP contribution in [0.25, 0.3) is 0 Å². The maximum atomic E-state index is 11.3. The zero-order chi connectivity index (χ0) is 26.6. The van der Waals surface area contributed by atoms with E-state index < -0.39 is 10.0 Å². The summed E-state index contributed by atoms with van der Waals surface area (Å²) in [5, 5.41) is 13.4. The highest BCUT2D eigenvalue weighted by molar-refractivity contribution is 7.89. The Morgan fingerprint density at radius 3 is 1.38 bits per heavy atom. The summed E-state index contributed by atoms with van der Waals surface area (Å²) in [4.78, 5) is 0.0531. The lowest BCUT2D eigenvalue weighted by Gasteiger charge is -2.06. The molecule has 0 saturated carbocycles. The predicted molar refractivity (Wildman–Crippen MR) is 153 cm³/mol. The Kier molecular flexibility index (Phi) is 15.8. The van der Waals surface area contributed by atoms with Gasteiger partial charge in [0.05, 0.1) is 22.9 Å². The summed E-state index contributed by atoms with van der Waals surface area (Å²) >= 11 is 0. The van der Waals surface area contributed by atoms with Crippen LogP contribution in [-0.4, -0.2) is 15.0 Å². The maximum absolute atomic E-state index is 11.3. The van der Waals surface area contributed by atoms with E-state index >= 15 is 0 Å². The number of benzene rings is 2. The van der Waals surface area contributed by atoms with Crippen molar-refractivity contribution in [2.24, 2.45) is 15.4 Å². The number of ether oxygens (including phenoxy) is 1. The van der Waals surface area contributed by atoms with E-state index in [1.54, 1.807) is 12.1 Å². The predicted octanol–water partition coefficient (Wildman–Crippen LogP) is 9.39. The Morgan fingerprint density at radius 2 is 0.973 bits per heavy atom. The highest BCUT2D eigenvalue weighted by atomic mass is 32.2. The molecule has 2 aromatic carbocycles. The molecule has 2 rings (SSSR count). The van der Waals surface area contributed by atoms with Crippen LogP contribution in [0.4, 0.5) is 11.4 Å². The first-order valence-corrected chi connectivity index (χ1v) is 15.8. The summed E-state index contributed by atoms with van der Waals surface area (Å²) in [6.45, 7) is 3.01. The number of azo groups is 1. The van der Waals surface area contributed by atoms with Gasteiger partial charge in [0.15, 0.2) is 0 Å². The summed E-state index contributed by atoms with van der Waals surface area (Å²) in [5.74, 6) is 0.831. The molecule has 0 amide bonds. The van der Waals surface area contributed by atoms with Gasteiger partial charge in [0.25, 0.3) is 0 Å². The van der Waals surface area contributed by atoms with Crippen molar-refractivity contribution in [1.82, 2.24) is 0 Å². The van der Waals surface area contributed by atoms with Crippen LogP contribution in [0.3, 0.4) is 0 Å². The Morgan fingerprint density at radius 1 is 0.595 bits per heavy atom. The van der Waals surface area contributed by atoms with Gasteiger partial charge in [-0.1, -0.05) is 103 Å². The van der Waals surface area contributed by atoms with Crippen LogP contribution in [0.15, 0.2) is 63.7 Å². The molecule has 0 heterocycles. The van der Waals surface area contributed by atoms with Crippen molar-refractivity contribution < 1.29 is 13.2 Å². The van der Waals surface area contributed by atoms with E-state index in [-0.39, 0.29) is 4.90 Å². The van der Waals surface area contributed by atoms with E-state index in [0.717, 1.165) is 18.8 Å². The molecule has 2 N–H and O–H groups in total. The number of sulfonamides is 1. The molecule has 0 aliphatic rings. The molecule has 0 bridgehead atoms. The fourth-order valence-electron chi connectivity index (χ4n) is 4.27. The molecule has 6 nitrogen and oxygen atoms in total. The van der Waals surface area contributed by atoms with Gasteiger partial charge in [-0.05, 0) is 55.0 Å². The molecule has 0 fully saturated rings. The minimum Gasteiger partial charge on any atom is -0.494 e. The molecule has 37 heavy (non-hydrogen) atoms. The molecule has 7 heteroatoms. The lowest BCUT2D eigenvalue weighted by Crippen LogP contribution is -2.11. The zero-order valence-electron chi connectivity index (χ0n) is 22.7. The molecule has 0 radical (unpaired) electrons. The van der Waals surface area contributed by atoms with Gasteiger partial charge < -0.3 is 4.74 Å². The Labute approximate surface area is 225 Å². The Hall–Kier alpha value is -2.25. The second-order valence-corrected chi connectivity index (χ2v) is 11.4. The number of hydrogen-bond acceptors (Lipinski definition) is 5. The molecule has 0 aliphatic heterocycles. The van der Waals surface area contributed by atoms with E-state index in [4.69, 9.17) is 9.88 Å². The smallest absolute Gasteiger partial charge is 0.238 e. The van der Waals surface area contributed by atoms with Crippen LogP contribution in [0.2, 0.25) is 0 Å². The van der Waals surface area contributed by atoms with Crippen LogP contribution >= 0.6 is 0 Å². The van der Waals surface area contributed by atoms with Crippen LogP contribution in [-0.2, 0) is 10.0 Å². The quantitative estimate of drug-likeness (QED) is 0.129. The molecule has 0 unspecified atom stereocenters. The van der Waals surface area contributed by atoms with Gasteiger partial charge in [-0.15, -0.1) is 0 Å². The van der Waals surface area contributed by atoms with E-state index in [1.165, 1.54) is 108 Å². The summed E-state index contributed by atoms with van der Waals surface area (Å²) in [5.41, 5.74) is 1.25. The highest BCUT2D eigenvalue weighted by Crippen LogP contribution is 2.22. The molecular weight excluding hydrogens is 482 g/mol. The topological polar surface area (TPSA) is 94.1 Å². The van der Waals surface area contributed by atoms with Crippen molar-refractivity contribution in [1.29, 1.82) is 0 Å². The number of primary sulfonamides is 1. The lowest BCUT2D eigenvalue weighted by atomic mass is 10.0. The third kappa shape index (κ3) is 14.9. The summed E-state index contributed by atoms with van der Waals surface area (Å²) in [6.07, 6.45) is 21.8. The van der Waals surface area contributed by atoms with Gasteiger partial charge in [0.2, 0.25) is 10.0 Å². The Bertz CT molecular complexity index is 974. The van der Waals surface area contributed by atoms with Crippen molar-refractivity contribution in [3.8, 4) is 5.75 Å². The van der Waals surface area contributed by atoms with E-state index in [9.17, 15) is 8.42 Å². The largest absolute Gasteiger partial charge is 0.494 e. The zero-order valence-corrected chi connectivity index (χ0v) is 23.6. The van der Waals surface area contributed by atoms with Crippen molar-refractivity contribution in [3.05, 3.63) is 48.5 Å². The average Bonchev–Trinajstić information content (AvgIpc) is 2.89. The highest BCUT2D eigenvalue weighted by Gasteiger charge is 2.06. The standard InChI is InChI=1S/C30H47N3O3S/c1-2-3-4-5-6-7-8-9-10-11-12-13-14-15-16-17-26-36-29-22-18-27(19-23-29)32-33-28-20-24-30(25-21-28)37(31,34)35/h18-25H,2-17,26H2,1H3,(H2,31,34,35). The summed E-state index contributed by atoms with van der Waals surface area (Å²) in [7, 11) is -3.70. The molecule has 0 saturated heterocycles. The first kappa shape index (κ1) is 31.0. The maximum Gasteiger partial charge on any atom is 0.238 e. The van der Waals surface area contributed by atoms with Crippen molar-refractivity contribution >= 4 is 21.4 Å². The second-order valence-electron chi connectivity index (χ2n) is 9.88. The molecule has 0 atom stereocenters. The third-order valence-corrected chi connectivity index (χ3v) is 7.48. The van der Waals surface area contributed by atoms with Gasteiger partial charge in [0, 0.05) is 0 Å². The van der Waals surface area contributed by atoms with E-state index in [2.05, 4.69) is 17.2 Å². The van der Waals surface area contributed by atoms with Crippen LogP contribution in [0.1, 0.15) is 110 Å². The number of nitrogens with two attached hydrogens (primary N) is 1. The van der Waals surface area contributed by atoms with Gasteiger partial charge in [-0.2, -0.15) is 10.2 Å². The minimum atomic E-state index is -3.70. The lowest BCUT2D eigenvalue weighted by molar-refractivity contribution is 0.304. The minimum absolute atomic E-state index is 0.0531. The fourth-order valence-corrected chi connectivity index (χ4v) is 4.78. The summed E-state index contributed by atoms with van der Waals surface area (Å²) in [6, 6.07) is 13.5. The van der Waals surface area contributed by atoms with Crippen molar-refractivity contribution in [2.45, 2.75) is 115 Å². The summed E-state index contributed by atoms with van der Waals surface area (Å²) < 4.78 is 28.5. The number of hydrogen-bond donors (Lipinski definition) is 1. The van der Waals surface area contributed by atoms with E-state index in [0.29, 0.717) is 11.4 Å².